The highest BCUT2D eigenvalue weighted by molar-refractivity contribution is 9.10. The molecule has 1 N–H and O–H groups in total. The van der Waals surface area contributed by atoms with Crippen molar-refractivity contribution in [2.75, 3.05) is 18.0 Å². The number of carbonyl (C=O) groups is 1. The normalized spacial score (nSPS) is 11.4. The smallest absolute Gasteiger partial charge is 0.264 e. The van der Waals surface area contributed by atoms with Crippen molar-refractivity contribution in [2.24, 2.45) is 5.10 Å². The van der Waals surface area contributed by atoms with Gasteiger partial charge in [-0.15, -0.1) is 0 Å². The number of hydrogen-bond acceptors (Lipinski definition) is 6. The minimum atomic E-state index is -4.13. The van der Waals surface area contributed by atoms with Crippen LogP contribution in [0.5, 0.6) is 11.5 Å². The number of carbonyl (C=O) groups excluding carboxylic acids is 1. The first-order valence-corrected chi connectivity index (χ1v) is 15.6. The molecule has 1 amide bonds. The van der Waals surface area contributed by atoms with Crippen LogP contribution in [0.4, 0.5) is 5.69 Å². The summed E-state index contributed by atoms with van der Waals surface area (Å²) in [5.41, 5.74) is 3.91. The Balaban J connectivity index is 1.50. The van der Waals surface area contributed by atoms with Gasteiger partial charge in [0.15, 0.2) is 11.5 Å². The van der Waals surface area contributed by atoms with Crippen molar-refractivity contribution in [2.45, 2.75) is 11.5 Å². The molecule has 13 heteroatoms. The van der Waals surface area contributed by atoms with Gasteiger partial charge in [-0.25, -0.2) is 13.8 Å². The van der Waals surface area contributed by atoms with Gasteiger partial charge in [0.25, 0.3) is 15.9 Å². The number of methoxy groups -OCH3 is 1. The van der Waals surface area contributed by atoms with Crippen LogP contribution in [-0.2, 0) is 21.4 Å². The number of ether oxygens (including phenoxy) is 2. The van der Waals surface area contributed by atoms with Gasteiger partial charge in [0.1, 0.15) is 13.2 Å². The zero-order valence-corrected chi connectivity index (χ0v) is 26.6. The lowest BCUT2D eigenvalue weighted by Gasteiger charge is -2.24. The molecule has 0 atom stereocenters. The molecule has 0 saturated heterocycles. The van der Waals surface area contributed by atoms with Gasteiger partial charge < -0.3 is 9.47 Å². The molecule has 0 radical (unpaired) electrons. The van der Waals surface area contributed by atoms with Crippen molar-refractivity contribution in [3.63, 3.8) is 0 Å². The van der Waals surface area contributed by atoms with E-state index in [2.05, 4.69) is 26.5 Å². The topological polar surface area (TPSA) is 97.3 Å². The molecule has 0 spiro atoms. The van der Waals surface area contributed by atoms with Gasteiger partial charge in [-0.1, -0.05) is 71.2 Å². The number of anilines is 1. The minimum Gasteiger partial charge on any atom is -0.493 e. The van der Waals surface area contributed by atoms with Crippen LogP contribution in [-0.4, -0.2) is 34.2 Å². The Morgan fingerprint density at radius 3 is 2.36 bits per heavy atom. The van der Waals surface area contributed by atoms with E-state index in [1.54, 1.807) is 36.4 Å². The highest BCUT2D eigenvalue weighted by Crippen LogP contribution is 2.37. The SMILES string of the molecule is COc1cc(/C=N\NC(=O)CN(c2ccc(Cl)c(Cl)c2)S(=O)(=O)c2ccccc2)cc(Br)c1OCc1ccccc1Cl. The number of rotatable bonds is 11. The predicted molar refractivity (Wildman–Crippen MR) is 170 cm³/mol. The number of amides is 1. The summed E-state index contributed by atoms with van der Waals surface area (Å²) in [6, 6.07) is 22.8. The van der Waals surface area contributed by atoms with Gasteiger partial charge in [-0.3, -0.25) is 9.10 Å². The van der Waals surface area contributed by atoms with Crippen molar-refractivity contribution >= 4 is 78.6 Å². The molecule has 4 rings (SSSR count). The average molecular weight is 712 g/mol. The maximum atomic E-state index is 13.5. The number of nitrogens with one attached hydrogen (secondary N) is 1. The zero-order valence-electron chi connectivity index (χ0n) is 21.9. The Labute approximate surface area is 267 Å². The molecule has 0 aliphatic heterocycles. The third-order valence-corrected chi connectivity index (χ3v) is 9.28. The number of hydrazone groups is 1. The third-order valence-electron chi connectivity index (χ3n) is 5.79. The van der Waals surface area contributed by atoms with Crippen molar-refractivity contribution in [3.8, 4) is 11.5 Å². The van der Waals surface area contributed by atoms with E-state index < -0.39 is 22.5 Å². The maximum Gasteiger partial charge on any atom is 0.264 e. The van der Waals surface area contributed by atoms with Crippen LogP contribution in [0.1, 0.15) is 11.1 Å². The Bertz CT molecular complexity index is 1720. The summed E-state index contributed by atoms with van der Waals surface area (Å²) in [5, 5.41) is 4.97. The summed E-state index contributed by atoms with van der Waals surface area (Å²) < 4.78 is 39.9. The van der Waals surface area contributed by atoms with E-state index >= 15 is 0 Å². The van der Waals surface area contributed by atoms with Crippen LogP contribution in [0.15, 0.2) is 99.4 Å². The van der Waals surface area contributed by atoms with Crippen LogP contribution in [0, 0.1) is 0 Å². The number of halogens is 4. The molecule has 4 aromatic carbocycles. The molecule has 0 unspecified atom stereocenters. The van der Waals surface area contributed by atoms with Gasteiger partial charge in [0, 0.05) is 10.6 Å². The van der Waals surface area contributed by atoms with Crippen molar-refractivity contribution in [3.05, 3.63) is 116 Å². The molecular weight excluding hydrogens is 689 g/mol. The highest BCUT2D eigenvalue weighted by Gasteiger charge is 2.27. The Morgan fingerprint density at radius 1 is 0.952 bits per heavy atom. The average Bonchev–Trinajstić information content (AvgIpc) is 2.97. The van der Waals surface area contributed by atoms with Crippen molar-refractivity contribution < 1.29 is 22.7 Å². The molecule has 0 aliphatic carbocycles. The molecule has 218 valence electrons. The summed E-state index contributed by atoms with van der Waals surface area (Å²) in [6.07, 6.45) is 1.39. The van der Waals surface area contributed by atoms with Crippen LogP contribution in [0.2, 0.25) is 15.1 Å². The molecule has 0 heterocycles. The lowest BCUT2D eigenvalue weighted by Crippen LogP contribution is -2.39. The number of sulfonamides is 1. The molecule has 8 nitrogen and oxygen atoms in total. The Kier molecular flexibility index (Phi) is 10.7. The molecule has 0 aliphatic rings. The van der Waals surface area contributed by atoms with Crippen LogP contribution in [0.25, 0.3) is 0 Å². The fourth-order valence-electron chi connectivity index (χ4n) is 3.74. The Hall–Kier alpha value is -3.28. The maximum absolute atomic E-state index is 13.5. The summed E-state index contributed by atoms with van der Waals surface area (Å²) in [7, 11) is -2.63. The molecule has 0 aromatic heterocycles. The number of hydrogen-bond donors (Lipinski definition) is 1. The number of benzene rings is 4. The first kappa shape index (κ1) is 31.7. The zero-order chi connectivity index (χ0) is 30.3. The van der Waals surface area contributed by atoms with Gasteiger partial charge in [0.05, 0.1) is 38.4 Å². The van der Waals surface area contributed by atoms with E-state index in [1.807, 2.05) is 18.2 Å². The quantitative estimate of drug-likeness (QED) is 0.130. The third kappa shape index (κ3) is 7.76. The molecule has 0 fully saturated rings. The van der Waals surface area contributed by atoms with E-state index in [0.717, 1.165) is 9.87 Å². The monoisotopic (exact) mass is 709 g/mol. The molecule has 42 heavy (non-hydrogen) atoms. The second-order valence-electron chi connectivity index (χ2n) is 8.63. The van der Waals surface area contributed by atoms with E-state index in [4.69, 9.17) is 44.3 Å². The lowest BCUT2D eigenvalue weighted by atomic mass is 10.2. The van der Waals surface area contributed by atoms with Crippen LogP contribution >= 0.6 is 50.7 Å². The lowest BCUT2D eigenvalue weighted by molar-refractivity contribution is -0.119. The minimum absolute atomic E-state index is 0.00108. The summed E-state index contributed by atoms with van der Waals surface area (Å²) in [4.78, 5) is 12.9. The van der Waals surface area contributed by atoms with Gasteiger partial charge in [0.2, 0.25) is 0 Å². The predicted octanol–water partition coefficient (Wildman–Crippen LogP) is 7.34. The Morgan fingerprint density at radius 2 is 1.67 bits per heavy atom. The number of nitrogens with zero attached hydrogens (tertiary/aromatic N) is 2. The van der Waals surface area contributed by atoms with E-state index in [9.17, 15) is 13.2 Å². The first-order valence-electron chi connectivity index (χ1n) is 12.2. The van der Waals surface area contributed by atoms with E-state index in [-0.39, 0.29) is 27.2 Å². The van der Waals surface area contributed by atoms with Gasteiger partial charge in [-0.2, -0.15) is 5.10 Å². The van der Waals surface area contributed by atoms with Gasteiger partial charge >= 0.3 is 0 Å². The summed E-state index contributed by atoms with van der Waals surface area (Å²) in [5.74, 6) is 0.188. The molecule has 0 saturated carbocycles. The molecule has 0 bridgehead atoms. The first-order chi connectivity index (χ1) is 20.1. The fraction of sp³-hybridized carbons (Fsp3) is 0.103. The largest absolute Gasteiger partial charge is 0.493 e. The standard InChI is InChI=1S/C29H23BrCl3N3O5S/c1-40-27-14-19(13-23(30)29(27)41-18-20-7-5-6-10-24(20)31)16-34-35-28(37)17-36(21-11-12-25(32)26(33)15-21)42(38,39)22-8-3-2-4-9-22/h2-16H,17-18H2,1H3,(H,35,37)/b34-16-. The van der Waals surface area contributed by atoms with Crippen molar-refractivity contribution in [1.82, 2.24) is 5.43 Å². The van der Waals surface area contributed by atoms with Crippen LogP contribution in [0.3, 0.4) is 0 Å². The highest BCUT2D eigenvalue weighted by atomic mass is 79.9. The van der Waals surface area contributed by atoms with E-state index in [1.165, 1.54) is 43.7 Å². The van der Waals surface area contributed by atoms with Gasteiger partial charge in [-0.05, 0) is 70.0 Å². The van der Waals surface area contributed by atoms with E-state index in [0.29, 0.717) is 26.6 Å². The molecule has 4 aromatic rings. The second kappa shape index (κ2) is 14.3. The van der Waals surface area contributed by atoms with Crippen molar-refractivity contribution in [1.29, 1.82) is 0 Å². The summed E-state index contributed by atoms with van der Waals surface area (Å²) in [6.45, 7) is -0.353. The molecular formula is C29H23BrCl3N3O5S. The van der Waals surface area contributed by atoms with Crippen LogP contribution < -0.4 is 19.2 Å². The second-order valence-corrected chi connectivity index (χ2v) is 12.6. The fourth-order valence-corrected chi connectivity index (χ4v) is 6.23. The summed E-state index contributed by atoms with van der Waals surface area (Å²) >= 11 is 21.9.